The number of anilines is 1. The third kappa shape index (κ3) is 3.81. The van der Waals surface area contributed by atoms with Crippen molar-refractivity contribution in [1.82, 2.24) is 5.32 Å². The van der Waals surface area contributed by atoms with Crippen LogP contribution in [0.4, 0.5) is 5.69 Å². The van der Waals surface area contributed by atoms with Crippen LogP contribution in [0.15, 0.2) is 18.2 Å². The van der Waals surface area contributed by atoms with E-state index in [9.17, 15) is 14.4 Å². The van der Waals surface area contributed by atoms with E-state index in [4.69, 9.17) is 5.11 Å². The van der Waals surface area contributed by atoms with Gasteiger partial charge in [-0.15, -0.1) is 0 Å². The van der Waals surface area contributed by atoms with E-state index in [2.05, 4.69) is 10.6 Å². The molecule has 2 rings (SSSR count). The Bertz CT molecular complexity index is 583. The van der Waals surface area contributed by atoms with Crippen LogP contribution in [0.3, 0.4) is 0 Å². The van der Waals surface area contributed by atoms with E-state index in [1.165, 1.54) is 0 Å². The summed E-state index contributed by atoms with van der Waals surface area (Å²) < 4.78 is 0. The number of aryl methyl sites for hydroxylation is 1. The minimum absolute atomic E-state index is 0.0117. The van der Waals surface area contributed by atoms with E-state index in [-0.39, 0.29) is 11.8 Å². The molecule has 0 fully saturated rings. The molecule has 1 aromatic carbocycles. The molecule has 1 heterocycles. The molecule has 0 saturated carbocycles. The summed E-state index contributed by atoms with van der Waals surface area (Å²) in [6, 6.07) is 5.15. The monoisotopic (exact) mass is 290 g/mol. The van der Waals surface area contributed by atoms with Gasteiger partial charge in [-0.3, -0.25) is 14.4 Å². The highest BCUT2D eigenvalue weighted by Gasteiger charge is 2.17. The first kappa shape index (κ1) is 15.0. The molecule has 21 heavy (non-hydrogen) atoms. The van der Waals surface area contributed by atoms with Crippen LogP contribution in [0.25, 0.3) is 0 Å². The zero-order chi connectivity index (χ0) is 15.4. The summed E-state index contributed by atoms with van der Waals surface area (Å²) in [6.45, 7) is 1.93. The average molecular weight is 290 g/mol. The maximum atomic E-state index is 12.0. The van der Waals surface area contributed by atoms with Crippen molar-refractivity contribution >= 4 is 23.5 Å². The molecule has 1 unspecified atom stereocenters. The maximum absolute atomic E-state index is 12.0. The van der Waals surface area contributed by atoms with Crippen molar-refractivity contribution in [3.63, 3.8) is 0 Å². The minimum Gasteiger partial charge on any atom is -0.481 e. The normalized spacial score (nSPS) is 14.8. The number of hydrogen-bond acceptors (Lipinski definition) is 3. The second kappa shape index (κ2) is 6.39. The van der Waals surface area contributed by atoms with Crippen molar-refractivity contribution in [1.29, 1.82) is 0 Å². The van der Waals surface area contributed by atoms with Gasteiger partial charge in [-0.05, 0) is 36.6 Å². The number of aliphatic carboxylic acids is 1. The van der Waals surface area contributed by atoms with Crippen LogP contribution < -0.4 is 10.6 Å². The molecule has 6 heteroatoms. The zero-order valence-electron chi connectivity index (χ0n) is 11.8. The Labute approximate surface area is 122 Å². The average Bonchev–Trinajstić information content (AvgIpc) is 2.46. The van der Waals surface area contributed by atoms with Gasteiger partial charge in [-0.25, -0.2) is 0 Å². The Morgan fingerprint density at radius 3 is 2.86 bits per heavy atom. The first-order chi connectivity index (χ1) is 9.97. The number of carboxylic acids is 1. The molecule has 2 amide bonds. The first-order valence-electron chi connectivity index (χ1n) is 6.91. The highest BCUT2D eigenvalue weighted by atomic mass is 16.4. The molecule has 112 valence electrons. The van der Waals surface area contributed by atoms with E-state index in [0.717, 1.165) is 11.3 Å². The fourth-order valence-corrected chi connectivity index (χ4v) is 2.15. The van der Waals surface area contributed by atoms with E-state index in [0.29, 0.717) is 31.4 Å². The Morgan fingerprint density at radius 1 is 1.38 bits per heavy atom. The summed E-state index contributed by atoms with van der Waals surface area (Å²) >= 11 is 0. The molecule has 0 saturated heterocycles. The van der Waals surface area contributed by atoms with Gasteiger partial charge in [0.2, 0.25) is 5.91 Å². The molecular weight excluding hydrogens is 272 g/mol. The van der Waals surface area contributed by atoms with Gasteiger partial charge in [0.25, 0.3) is 5.91 Å². The Hall–Kier alpha value is -2.37. The summed E-state index contributed by atoms with van der Waals surface area (Å²) in [6.07, 6.45) is 1.44. The number of rotatable bonds is 5. The fraction of sp³-hybridized carbons (Fsp3) is 0.400. The van der Waals surface area contributed by atoms with E-state index < -0.39 is 11.9 Å². The van der Waals surface area contributed by atoms with Gasteiger partial charge in [0.15, 0.2) is 0 Å². The zero-order valence-corrected chi connectivity index (χ0v) is 11.8. The molecule has 0 bridgehead atoms. The molecule has 6 nitrogen and oxygen atoms in total. The molecule has 0 aromatic heterocycles. The van der Waals surface area contributed by atoms with Crippen LogP contribution in [0.5, 0.6) is 0 Å². The quantitative estimate of drug-likeness (QED) is 0.764. The number of nitrogens with one attached hydrogen (secondary N) is 2. The van der Waals surface area contributed by atoms with Crippen LogP contribution in [0.2, 0.25) is 0 Å². The first-order valence-corrected chi connectivity index (χ1v) is 6.91. The highest BCUT2D eigenvalue weighted by Crippen LogP contribution is 2.23. The fourth-order valence-electron chi connectivity index (χ4n) is 2.15. The minimum atomic E-state index is -0.867. The number of amides is 2. The smallest absolute Gasteiger partial charge is 0.306 e. The van der Waals surface area contributed by atoms with Crippen LogP contribution in [0, 0.1) is 5.92 Å². The number of carbonyl (C=O) groups is 3. The lowest BCUT2D eigenvalue weighted by molar-refractivity contribution is -0.141. The predicted molar refractivity (Wildman–Crippen MR) is 77.1 cm³/mol. The van der Waals surface area contributed by atoms with Crippen molar-refractivity contribution in [2.24, 2.45) is 5.92 Å². The van der Waals surface area contributed by atoms with Gasteiger partial charge in [0.05, 0.1) is 5.92 Å². The van der Waals surface area contributed by atoms with Crippen LogP contribution in [-0.4, -0.2) is 29.4 Å². The second-order valence-electron chi connectivity index (χ2n) is 5.20. The third-order valence-electron chi connectivity index (χ3n) is 3.55. The van der Waals surface area contributed by atoms with Crippen LogP contribution >= 0.6 is 0 Å². The largest absolute Gasteiger partial charge is 0.481 e. The van der Waals surface area contributed by atoms with Crippen molar-refractivity contribution in [3.8, 4) is 0 Å². The van der Waals surface area contributed by atoms with Crippen LogP contribution in [-0.2, 0) is 16.0 Å². The number of benzene rings is 1. The van der Waals surface area contributed by atoms with E-state index in [1.807, 2.05) is 0 Å². The number of carboxylic acid groups (broad SMARTS) is 1. The molecule has 1 aromatic rings. The summed E-state index contributed by atoms with van der Waals surface area (Å²) in [4.78, 5) is 34.0. The van der Waals surface area contributed by atoms with Crippen molar-refractivity contribution in [2.75, 3.05) is 11.9 Å². The molecular formula is C15H18N2O4. The molecule has 1 aliphatic rings. The molecule has 0 radical (unpaired) electrons. The van der Waals surface area contributed by atoms with Gasteiger partial charge in [-0.2, -0.15) is 0 Å². The van der Waals surface area contributed by atoms with E-state index in [1.54, 1.807) is 25.1 Å². The molecule has 1 aliphatic heterocycles. The Balaban J connectivity index is 1.94. The van der Waals surface area contributed by atoms with Gasteiger partial charge < -0.3 is 15.7 Å². The van der Waals surface area contributed by atoms with Gasteiger partial charge in [0.1, 0.15) is 0 Å². The number of carbonyl (C=O) groups excluding carboxylic acids is 2. The van der Waals surface area contributed by atoms with Crippen molar-refractivity contribution < 1.29 is 19.5 Å². The Kier molecular flexibility index (Phi) is 4.57. The third-order valence-corrected chi connectivity index (χ3v) is 3.55. The lowest BCUT2D eigenvalue weighted by Gasteiger charge is -2.17. The summed E-state index contributed by atoms with van der Waals surface area (Å²) in [5.74, 6) is -1.59. The van der Waals surface area contributed by atoms with Crippen molar-refractivity contribution in [2.45, 2.75) is 26.2 Å². The number of hydrogen-bond donors (Lipinski definition) is 3. The second-order valence-corrected chi connectivity index (χ2v) is 5.20. The summed E-state index contributed by atoms with van der Waals surface area (Å²) in [7, 11) is 0. The lowest BCUT2D eigenvalue weighted by atomic mass is 10.00. The Morgan fingerprint density at radius 2 is 2.14 bits per heavy atom. The van der Waals surface area contributed by atoms with Gasteiger partial charge >= 0.3 is 5.97 Å². The SMILES string of the molecule is CC(CCNC(=O)c1ccc2c(c1)CCC(=O)N2)C(=O)O. The molecule has 0 spiro atoms. The van der Waals surface area contributed by atoms with Gasteiger partial charge in [-0.1, -0.05) is 6.92 Å². The predicted octanol–water partition coefficient (Wildman–Crippen LogP) is 1.41. The lowest BCUT2D eigenvalue weighted by Crippen LogP contribution is -2.27. The van der Waals surface area contributed by atoms with Crippen molar-refractivity contribution in [3.05, 3.63) is 29.3 Å². The number of fused-ring (bicyclic) bond motifs is 1. The molecule has 1 atom stereocenters. The van der Waals surface area contributed by atoms with Gasteiger partial charge in [0, 0.05) is 24.2 Å². The van der Waals surface area contributed by atoms with E-state index >= 15 is 0 Å². The maximum Gasteiger partial charge on any atom is 0.306 e. The summed E-state index contributed by atoms with van der Waals surface area (Å²) in [5, 5.41) is 14.2. The van der Waals surface area contributed by atoms with Crippen LogP contribution in [0.1, 0.15) is 35.7 Å². The standard InChI is InChI=1S/C15H18N2O4/c1-9(15(20)21)6-7-16-14(19)11-2-4-12-10(8-11)3-5-13(18)17-12/h2,4,8-9H,3,5-7H2,1H3,(H,16,19)(H,17,18)(H,20,21). The highest BCUT2D eigenvalue weighted by molar-refractivity contribution is 5.97. The molecule has 3 N–H and O–H groups in total. The summed E-state index contributed by atoms with van der Waals surface area (Å²) in [5.41, 5.74) is 2.22. The topological polar surface area (TPSA) is 95.5 Å². The molecule has 0 aliphatic carbocycles.